The third-order valence-corrected chi connectivity index (χ3v) is 4.60. The van der Waals surface area contributed by atoms with Crippen molar-refractivity contribution in [3.8, 4) is 11.5 Å². The van der Waals surface area contributed by atoms with Crippen LogP contribution in [0.5, 0.6) is 11.5 Å². The predicted octanol–water partition coefficient (Wildman–Crippen LogP) is 4.98. The van der Waals surface area contributed by atoms with Crippen molar-refractivity contribution in [3.63, 3.8) is 0 Å². The maximum absolute atomic E-state index is 12.0. The summed E-state index contributed by atoms with van der Waals surface area (Å²) in [5, 5.41) is 7.45. The van der Waals surface area contributed by atoms with E-state index in [0.29, 0.717) is 36.2 Å². The van der Waals surface area contributed by atoms with Crippen LogP contribution in [0.25, 0.3) is 0 Å². The Balaban J connectivity index is 2.04. The van der Waals surface area contributed by atoms with Crippen molar-refractivity contribution >= 4 is 29.1 Å². The normalized spacial score (nSPS) is 11.2. The Morgan fingerprint density at radius 3 is 2.28 bits per heavy atom. The molecule has 0 fully saturated rings. The van der Waals surface area contributed by atoms with Gasteiger partial charge in [0.25, 0.3) is 5.91 Å². The van der Waals surface area contributed by atoms with Gasteiger partial charge >= 0.3 is 0 Å². The Kier molecular flexibility index (Phi) is 8.62. The van der Waals surface area contributed by atoms with Gasteiger partial charge in [0.15, 0.2) is 18.1 Å². The zero-order chi connectivity index (χ0) is 21.4. The van der Waals surface area contributed by atoms with Gasteiger partial charge in [-0.3, -0.25) is 4.79 Å². The number of amides is 1. The fraction of sp³-hybridized carbons (Fsp3) is 0.409. The summed E-state index contributed by atoms with van der Waals surface area (Å²) in [6, 6.07) is 11.2. The maximum Gasteiger partial charge on any atom is 0.258 e. The van der Waals surface area contributed by atoms with Crippen LogP contribution in [-0.4, -0.2) is 24.7 Å². The van der Waals surface area contributed by atoms with Crippen LogP contribution in [0.2, 0.25) is 10.0 Å². The van der Waals surface area contributed by atoms with Gasteiger partial charge < -0.3 is 20.1 Å². The van der Waals surface area contributed by atoms with E-state index in [1.54, 1.807) is 6.07 Å². The largest absolute Gasteiger partial charge is 0.490 e. The van der Waals surface area contributed by atoms with Crippen molar-refractivity contribution in [3.05, 3.63) is 57.6 Å². The molecule has 0 heterocycles. The van der Waals surface area contributed by atoms with Gasteiger partial charge in [-0.2, -0.15) is 0 Å². The van der Waals surface area contributed by atoms with E-state index in [0.717, 1.165) is 16.1 Å². The number of benzene rings is 2. The first-order valence-corrected chi connectivity index (χ1v) is 10.3. The van der Waals surface area contributed by atoms with Crippen molar-refractivity contribution in [1.82, 2.24) is 10.6 Å². The van der Waals surface area contributed by atoms with Gasteiger partial charge in [0.2, 0.25) is 0 Å². The molecule has 0 radical (unpaired) electrons. The van der Waals surface area contributed by atoms with E-state index in [1.807, 2.05) is 58.0 Å². The molecular formula is C22H28Cl2N2O3. The van der Waals surface area contributed by atoms with Crippen molar-refractivity contribution in [2.45, 2.75) is 46.3 Å². The minimum Gasteiger partial charge on any atom is -0.490 e. The molecule has 0 unspecified atom stereocenters. The van der Waals surface area contributed by atoms with Gasteiger partial charge in [-0.05, 0) is 51.0 Å². The molecule has 0 spiro atoms. The Hall–Kier alpha value is -1.95. The summed E-state index contributed by atoms with van der Waals surface area (Å²) in [6.45, 7) is 9.14. The molecule has 0 aliphatic rings. The molecule has 0 aliphatic heterocycles. The van der Waals surface area contributed by atoms with Gasteiger partial charge in [-0.15, -0.1) is 0 Å². The molecule has 0 saturated carbocycles. The van der Waals surface area contributed by atoms with Crippen LogP contribution < -0.4 is 20.1 Å². The summed E-state index contributed by atoms with van der Waals surface area (Å²) in [5.74, 6) is 0.785. The van der Waals surface area contributed by atoms with E-state index < -0.39 is 0 Å². The van der Waals surface area contributed by atoms with Crippen molar-refractivity contribution in [2.75, 3.05) is 13.2 Å². The fourth-order valence-corrected chi connectivity index (χ4v) is 3.09. The average Bonchev–Trinajstić information content (AvgIpc) is 2.63. The zero-order valence-corrected chi connectivity index (χ0v) is 18.8. The molecule has 0 atom stereocenters. The Morgan fingerprint density at radius 2 is 1.62 bits per heavy atom. The molecule has 2 aromatic carbocycles. The molecule has 0 aromatic heterocycles. The molecule has 0 aliphatic carbocycles. The third-order valence-electron chi connectivity index (χ3n) is 3.87. The fourth-order valence-electron chi connectivity index (χ4n) is 2.67. The van der Waals surface area contributed by atoms with Gasteiger partial charge in [-0.25, -0.2) is 0 Å². The second-order valence-corrected chi connectivity index (χ2v) is 8.42. The zero-order valence-electron chi connectivity index (χ0n) is 17.3. The number of rotatable bonds is 9. The van der Waals surface area contributed by atoms with E-state index in [2.05, 4.69) is 10.6 Å². The van der Waals surface area contributed by atoms with Crippen LogP contribution >= 0.6 is 23.2 Å². The van der Waals surface area contributed by atoms with E-state index in [-0.39, 0.29) is 18.1 Å². The summed E-state index contributed by atoms with van der Waals surface area (Å²) in [4.78, 5) is 12.0. The number of carbonyl (C=O) groups is 1. The van der Waals surface area contributed by atoms with Gasteiger partial charge in [-0.1, -0.05) is 41.4 Å². The predicted molar refractivity (Wildman–Crippen MR) is 118 cm³/mol. The van der Waals surface area contributed by atoms with Crippen LogP contribution in [0.1, 0.15) is 38.8 Å². The molecular weight excluding hydrogens is 411 g/mol. The van der Waals surface area contributed by atoms with E-state index in [1.165, 1.54) is 0 Å². The molecule has 2 N–H and O–H groups in total. The van der Waals surface area contributed by atoms with E-state index >= 15 is 0 Å². The van der Waals surface area contributed by atoms with Crippen molar-refractivity contribution < 1.29 is 14.3 Å². The number of halogens is 2. The smallest absolute Gasteiger partial charge is 0.258 e. The third kappa shape index (κ3) is 7.77. The highest BCUT2D eigenvalue weighted by Crippen LogP contribution is 2.33. The molecule has 0 bridgehead atoms. The van der Waals surface area contributed by atoms with Gasteiger partial charge in [0.1, 0.15) is 0 Å². The molecule has 5 nitrogen and oxygen atoms in total. The minimum absolute atomic E-state index is 0.113. The lowest BCUT2D eigenvalue weighted by Crippen LogP contribution is -2.43. The molecule has 0 saturated heterocycles. The van der Waals surface area contributed by atoms with Crippen LogP contribution in [0.15, 0.2) is 36.4 Å². The lowest BCUT2D eigenvalue weighted by atomic mass is 10.1. The molecule has 7 heteroatoms. The average molecular weight is 439 g/mol. The molecule has 2 rings (SSSR count). The number of carbonyl (C=O) groups excluding carboxylic acids is 1. The maximum atomic E-state index is 12.0. The highest BCUT2D eigenvalue weighted by molar-refractivity contribution is 6.31. The summed E-state index contributed by atoms with van der Waals surface area (Å²) in [5.41, 5.74) is 1.56. The van der Waals surface area contributed by atoms with Crippen molar-refractivity contribution in [2.24, 2.45) is 0 Å². The highest BCUT2D eigenvalue weighted by atomic mass is 35.5. The second kappa shape index (κ2) is 10.7. The summed E-state index contributed by atoms with van der Waals surface area (Å²) >= 11 is 12.6. The molecule has 2 aromatic rings. The quantitative estimate of drug-likeness (QED) is 0.579. The topological polar surface area (TPSA) is 59.6 Å². The van der Waals surface area contributed by atoms with Crippen LogP contribution in [0.3, 0.4) is 0 Å². The SMILES string of the molecule is CCOc1cc(CNCc2ccccc2Cl)c(Cl)cc1OCC(=O)NC(C)(C)C. The Labute approximate surface area is 182 Å². The van der Waals surface area contributed by atoms with E-state index in [4.69, 9.17) is 32.7 Å². The Bertz CT molecular complexity index is 835. The van der Waals surface area contributed by atoms with Gasteiger partial charge in [0.05, 0.1) is 6.61 Å². The standard InChI is InChI=1S/C22H28Cl2N2O3/c1-5-28-19-10-16(13-25-12-15-8-6-7-9-17(15)23)18(24)11-20(19)29-14-21(27)26-22(2,3)4/h6-11,25H,5,12-14H2,1-4H3,(H,26,27). The monoisotopic (exact) mass is 438 g/mol. The summed E-state index contributed by atoms with van der Waals surface area (Å²) in [6.07, 6.45) is 0. The number of nitrogens with one attached hydrogen (secondary N) is 2. The second-order valence-electron chi connectivity index (χ2n) is 7.61. The number of hydrogen-bond donors (Lipinski definition) is 2. The highest BCUT2D eigenvalue weighted by Gasteiger charge is 2.16. The molecule has 1 amide bonds. The summed E-state index contributed by atoms with van der Waals surface area (Å²) in [7, 11) is 0. The Morgan fingerprint density at radius 1 is 0.966 bits per heavy atom. The first kappa shape index (κ1) is 23.3. The lowest BCUT2D eigenvalue weighted by molar-refractivity contribution is -0.124. The first-order chi connectivity index (χ1) is 13.7. The molecule has 29 heavy (non-hydrogen) atoms. The van der Waals surface area contributed by atoms with E-state index in [9.17, 15) is 4.79 Å². The van der Waals surface area contributed by atoms with Gasteiger partial charge in [0, 0.05) is 34.7 Å². The van der Waals surface area contributed by atoms with Crippen molar-refractivity contribution in [1.29, 1.82) is 0 Å². The molecule has 158 valence electrons. The minimum atomic E-state index is -0.321. The van der Waals surface area contributed by atoms with Crippen LogP contribution in [0.4, 0.5) is 0 Å². The first-order valence-electron chi connectivity index (χ1n) is 9.52. The number of hydrogen-bond acceptors (Lipinski definition) is 4. The lowest BCUT2D eigenvalue weighted by Gasteiger charge is -2.21. The van der Waals surface area contributed by atoms with Crippen LogP contribution in [-0.2, 0) is 17.9 Å². The van der Waals surface area contributed by atoms with Crippen LogP contribution in [0, 0.1) is 0 Å². The summed E-state index contributed by atoms with van der Waals surface area (Å²) < 4.78 is 11.3. The number of ether oxygens (including phenoxy) is 2.